The molecule has 1 atom stereocenters. The minimum atomic E-state index is -0.0243. The molecule has 1 aromatic heterocycles. The molecule has 1 aromatic carbocycles. The van der Waals surface area contributed by atoms with Crippen molar-refractivity contribution in [2.75, 3.05) is 20.8 Å². The molecule has 0 spiro atoms. The molecule has 1 saturated heterocycles. The van der Waals surface area contributed by atoms with Crippen LogP contribution in [-0.2, 0) is 6.54 Å². The fraction of sp³-hybridized carbons (Fsp3) is 0.389. The van der Waals surface area contributed by atoms with Gasteiger partial charge in [0.2, 0.25) is 0 Å². The molecule has 1 aliphatic heterocycles. The molecule has 0 saturated carbocycles. The van der Waals surface area contributed by atoms with Gasteiger partial charge in [0.25, 0.3) is 0 Å². The van der Waals surface area contributed by atoms with Crippen molar-refractivity contribution in [1.82, 2.24) is 10.2 Å². The number of amides is 2. The molecule has 5 nitrogen and oxygen atoms in total. The van der Waals surface area contributed by atoms with E-state index in [1.165, 1.54) is 0 Å². The molecule has 2 amide bonds. The summed E-state index contributed by atoms with van der Waals surface area (Å²) >= 11 is 1.65. The second kappa shape index (κ2) is 7.57. The second-order valence-electron chi connectivity index (χ2n) is 5.70. The van der Waals surface area contributed by atoms with E-state index in [2.05, 4.69) is 5.32 Å². The fourth-order valence-electron chi connectivity index (χ4n) is 3.10. The molecule has 1 fully saturated rings. The monoisotopic (exact) mass is 346 g/mol. The second-order valence-corrected chi connectivity index (χ2v) is 6.73. The molecule has 128 valence electrons. The van der Waals surface area contributed by atoms with Gasteiger partial charge in [-0.2, -0.15) is 0 Å². The van der Waals surface area contributed by atoms with Crippen molar-refractivity contribution in [3.63, 3.8) is 0 Å². The largest absolute Gasteiger partial charge is 0.497 e. The Bertz CT molecular complexity index is 688. The summed E-state index contributed by atoms with van der Waals surface area (Å²) < 4.78 is 10.8. The van der Waals surface area contributed by atoms with Gasteiger partial charge in [-0.3, -0.25) is 0 Å². The number of nitrogens with zero attached hydrogens (tertiary/aromatic N) is 1. The average molecular weight is 346 g/mol. The van der Waals surface area contributed by atoms with E-state index in [4.69, 9.17) is 9.47 Å². The lowest BCUT2D eigenvalue weighted by molar-refractivity contribution is 0.191. The van der Waals surface area contributed by atoms with Crippen molar-refractivity contribution in [2.45, 2.75) is 25.4 Å². The maximum atomic E-state index is 12.6. The van der Waals surface area contributed by atoms with Gasteiger partial charge in [0.05, 0.1) is 26.8 Å². The average Bonchev–Trinajstić information content (AvgIpc) is 3.30. The van der Waals surface area contributed by atoms with E-state index in [0.717, 1.165) is 41.3 Å². The quantitative estimate of drug-likeness (QED) is 0.895. The Hall–Kier alpha value is -2.21. The van der Waals surface area contributed by atoms with E-state index in [9.17, 15) is 4.79 Å². The van der Waals surface area contributed by atoms with Gasteiger partial charge in [0.1, 0.15) is 11.5 Å². The lowest BCUT2D eigenvalue weighted by Crippen LogP contribution is -2.39. The standard InChI is InChI=1S/C18H22N2O3S/c1-22-13-7-8-15(17(11-13)23-2)16-6-3-9-20(16)18(21)19-12-14-5-4-10-24-14/h4-5,7-8,10-11,16H,3,6,9,12H2,1-2H3,(H,19,21)/t16-/m0/s1. The van der Waals surface area contributed by atoms with Crippen molar-refractivity contribution in [3.05, 3.63) is 46.2 Å². The number of hydrogen-bond acceptors (Lipinski definition) is 4. The topological polar surface area (TPSA) is 50.8 Å². The van der Waals surface area contributed by atoms with E-state index in [1.807, 2.05) is 40.6 Å². The highest BCUT2D eigenvalue weighted by molar-refractivity contribution is 7.09. The molecule has 2 heterocycles. The van der Waals surface area contributed by atoms with Crippen LogP contribution >= 0.6 is 11.3 Å². The van der Waals surface area contributed by atoms with Crippen LogP contribution in [0.3, 0.4) is 0 Å². The van der Waals surface area contributed by atoms with Gasteiger partial charge in [-0.25, -0.2) is 4.79 Å². The lowest BCUT2D eigenvalue weighted by atomic mass is 10.0. The van der Waals surface area contributed by atoms with Crippen LogP contribution in [0.25, 0.3) is 0 Å². The molecule has 0 unspecified atom stereocenters. The number of benzene rings is 1. The van der Waals surface area contributed by atoms with Crippen LogP contribution in [-0.4, -0.2) is 31.7 Å². The molecule has 3 rings (SSSR count). The van der Waals surface area contributed by atoms with Crippen LogP contribution in [0.4, 0.5) is 4.79 Å². The summed E-state index contributed by atoms with van der Waals surface area (Å²) in [4.78, 5) is 15.7. The Kier molecular flexibility index (Phi) is 5.25. The van der Waals surface area contributed by atoms with Crippen LogP contribution in [0, 0.1) is 0 Å². The normalized spacial score (nSPS) is 16.9. The SMILES string of the molecule is COc1ccc([C@@H]2CCCN2C(=O)NCc2cccs2)c(OC)c1. The highest BCUT2D eigenvalue weighted by Crippen LogP contribution is 2.38. The zero-order valence-electron chi connectivity index (χ0n) is 14.0. The zero-order chi connectivity index (χ0) is 16.9. The van der Waals surface area contributed by atoms with Crippen molar-refractivity contribution in [1.29, 1.82) is 0 Å². The number of nitrogens with one attached hydrogen (secondary N) is 1. The zero-order valence-corrected chi connectivity index (χ0v) is 14.8. The van der Waals surface area contributed by atoms with Gasteiger partial charge >= 0.3 is 6.03 Å². The first-order valence-corrected chi connectivity index (χ1v) is 8.89. The van der Waals surface area contributed by atoms with Crippen molar-refractivity contribution < 1.29 is 14.3 Å². The van der Waals surface area contributed by atoms with Crippen LogP contribution in [0.1, 0.15) is 29.3 Å². The van der Waals surface area contributed by atoms with Crippen LogP contribution < -0.4 is 14.8 Å². The molecule has 6 heteroatoms. The number of likely N-dealkylation sites (tertiary alicyclic amines) is 1. The summed E-state index contributed by atoms with van der Waals surface area (Å²) in [5.74, 6) is 1.51. The first kappa shape index (κ1) is 16.6. The van der Waals surface area contributed by atoms with Crippen LogP contribution in [0.5, 0.6) is 11.5 Å². The van der Waals surface area contributed by atoms with E-state index in [-0.39, 0.29) is 12.1 Å². The summed E-state index contributed by atoms with van der Waals surface area (Å²) in [6.07, 6.45) is 1.93. The number of urea groups is 1. The molecular formula is C18H22N2O3S. The fourth-order valence-corrected chi connectivity index (χ4v) is 3.75. The first-order valence-electron chi connectivity index (χ1n) is 8.01. The lowest BCUT2D eigenvalue weighted by Gasteiger charge is -2.26. The molecular weight excluding hydrogens is 324 g/mol. The van der Waals surface area contributed by atoms with Gasteiger partial charge in [0.15, 0.2) is 0 Å². The third-order valence-electron chi connectivity index (χ3n) is 4.31. The number of rotatable bonds is 5. The molecule has 2 aromatic rings. The molecule has 0 radical (unpaired) electrons. The Morgan fingerprint density at radius 1 is 1.33 bits per heavy atom. The number of ether oxygens (including phenoxy) is 2. The van der Waals surface area contributed by atoms with E-state index in [0.29, 0.717) is 6.54 Å². The van der Waals surface area contributed by atoms with E-state index < -0.39 is 0 Å². The van der Waals surface area contributed by atoms with E-state index in [1.54, 1.807) is 25.6 Å². The van der Waals surface area contributed by atoms with Crippen molar-refractivity contribution in [3.8, 4) is 11.5 Å². The molecule has 1 N–H and O–H groups in total. The Labute approximate surface area is 146 Å². The van der Waals surface area contributed by atoms with Crippen molar-refractivity contribution >= 4 is 17.4 Å². The van der Waals surface area contributed by atoms with Gasteiger partial charge < -0.3 is 19.7 Å². The number of hydrogen-bond donors (Lipinski definition) is 1. The Balaban J connectivity index is 1.74. The van der Waals surface area contributed by atoms with Gasteiger partial charge in [0, 0.05) is 23.1 Å². The maximum absolute atomic E-state index is 12.6. The van der Waals surface area contributed by atoms with Crippen LogP contribution in [0.2, 0.25) is 0 Å². The summed E-state index contributed by atoms with van der Waals surface area (Å²) in [6.45, 7) is 1.33. The highest BCUT2D eigenvalue weighted by Gasteiger charge is 2.31. The Morgan fingerprint density at radius 2 is 2.21 bits per heavy atom. The first-order chi connectivity index (χ1) is 11.7. The summed E-state index contributed by atoms with van der Waals surface area (Å²) in [7, 11) is 3.28. The summed E-state index contributed by atoms with van der Waals surface area (Å²) in [5.41, 5.74) is 1.03. The highest BCUT2D eigenvalue weighted by atomic mass is 32.1. The van der Waals surface area contributed by atoms with Gasteiger partial charge in [-0.05, 0) is 36.4 Å². The number of methoxy groups -OCH3 is 2. The van der Waals surface area contributed by atoms with Gasteiger partial charge in [-0.1, -0.05) is 6.07 Å². The third kappa shape index (κ3) is 3.48. The van der Waals surface area contributed by atoms with Crippen LogP contribution in [0.15, 0.2) is 35.7 Å². The number of carbonyl (C=O) groups excluding carboxylic acids is 1. The predicted molar refractivity (Wildman–Crippen MR) is 94.8 cm³/mol. The third-order valence-corrected chi connectivity index (χ3v) is 5.18. The molecule has 0 aliphatic carbocycles. The predicted octanol–water partition coefficient (Wildman–Crippen LogP) is 3.81. The summed E-state index contributed by atoms with van der Waals surface area (Å²) in [6, 6.07) is 9.81. The Morgan fingerprint density at radius 3 is 2.92 bits per heavy atom. The minimum Gasteiger partial charge on any atom is -0.497 e. The smallest absolute Gasteiger partial charge is 0.318 e. The number of carbonyl (C=O) groups is 1. The van der Waals surface area contributed by atoms with E-state index >= 15 is 0 Å². The molecule has 0 bridgehead atoms. The maximum Gasteiger partial charge on any atom is 0.318 e. The summed E-state index contributed by atoms with van der Waals surface area (Å²) in [5, 5.41) is 5.03. The molecule has 1 aliphatic rings. The van der Waals surface area contributed by atoms with Crippen molar-refractivity contribution in [2.24, 2.45) is 0 Å². The van der Waals surface area contributed by atoms with Gasteiger partial charge in [-0.15, -0.1) is 11.3 Å². The minimum absolute atomic E-state index is 0.0243. The molecule has 24 heavy (non-hydrogen) atoms. The number of thiophene rings is 1.